The van der Waals surface area contributed by atoms with Crippen molar-refractivity contribution in [3.8, 4) is 0 Å². The Kier molecular flexibility index (Phi) is 6.22. The Labute approximate surface area is 159 Å². The third kappa shape index (κ3) is 4.39. The zero-order chi connectivity index (χ0) is 18.7. The molecule has 2 atom stereocenters. The molecule has 0 unspecified atom stereocenters. The van der Waals surface area contributed by atoms with Gasteiger partial charge in [0.25, 0.3) is 5.91 Å². The van der Waals surface area contributed by atoms with Gasteiger partial charge in [0.15, 0.2) is 0 Å². The largest absolute Gasteiger partial charge is 0.377 e. The van der Waals surface area contributed by atoms with Crippen LogP contribution >= 0.6 is 11.6 Å². The fourth-order valence-corrected chi connectivity index (χ4v) is 5.08. The maximum atomic E-state index is 12.8. The van der Waals surface area contributed by atoms with Gasteiger partial charge >= 0.3 is 0 Å². The molecular formula is C18H25ClN2O4S. The molecule has 1 aromatic rings. The van der Waals surface area contributed by atoms with Crippen molar-refractivity contribution >= 4 is 27.5 Å². The lowest BCUT2D eigenvalue weighted by atomic mass is 10.0. The molecule has 1 amide bonds. The van der Waals surface area contributed by atoms with Crippen LogP contribution in [0.2, 0.25) is 5.02 Å². The summed E-state index contributed by atoms with van der Waals surface area (Å²) in [6, 6.07) is 4.60. The van der Waals surface area contributed by atoms with E-state index in [9.17, 15) is 13.2 Å². The van der Waals surface area contributed by atoms with Crippen molar-refractivity contribution in [1.82, 2.24) is 9.62 Å². The number of amides is 1. The summed E-state index contributed by atoms with van der Waals surface area (Å²) >= 11 is 6.12. The first-order valence-electron chi connectivity index (χ1n) is 9.10. The van der Waals surface area contributed by atoms with Gasteiger partial charge in [0.1, 0.15) is 4.90 Å². The standard InChI is InChI=1S/C18H25ClN2O4S/c1-13-5-2-3-9-21(13)18(22)14-7-8-16(19)17(11-14)26(23,24)20-12-15-6-4-10-25-15/h7-8,11,13,15,20H,2-6,9-10,12H2,1H3/t13-,15+/m0/s1. The lowest BCUT2D eigenvalue weighted by Crippen LogP contribution is -2.42. The van der Waals surface area contributed by atoms with E-state index in [2.05, 4.69) is 4.72 Å². The fraction of sp³-hybridized carbons (Fsp3) is 0.611. The molecule has 3 rings (SSSR count). The van der Waals surface area contributed by atoms with Crippen LogP contribution < -0.4 is 4.72 Å². The first-order chi connectivity index (χ1) is 12.4. The summed E-state index contributed by atoms with van der Waals surface area (Å²) in [5, 5.41) is 0.105. The summed E-state index contributed by atoms with van der Waals surface area (Å²) in [5.74, 6) is -0.149. The molecule has 2 heterocycles. The van der Waals surface area contributed by atoms with Crippen LogP contribution in [0.5, 0.6) is 0 Å². The molecule has 0 bridgehead atoms. The number of benzene rings is 1. The number of sulfonamides is 1. The summed E-state index contributed by atoms with van der Waals surface area (Å²) in [4.78, 5) is 14.6. The molecule has 0 aliphatic carbocycles. The molecular weight excluding hydrogens is 376 g/mol. The van der Waals surface area contributed by atoms with E-state index in [1.54, 1.807) is 6.07 Å². The predicted octanol–water partition coefficient (Wildman–Crippen LogP) is 2.81. The Bertz CT molecular complexity index is 762. The average Bonchev–Trinajstić information content (AvgIpc) is 3.14. The second kappa shape index (κ2) is 8.25. The topological polar surface area (TPSA) is 75.7 Å². The molecule has 26 heavy (non-hydrogen) atoms. The lowest BCUT2D eigenvalue weighted by molar-refractivity contribution is 0.0635. The van der Waals surface area contributed by atoms with Crippen LogP contribution in [0, 0.1) is 0 Å². The molecule has 2 aliphatic heterocycles. The number of likely N-dealkylation sites (tertiary alicyclic amines) is 1. The van der Waals surface area contributed by atoms with Crippen molar-refractivity contribution in [2.24, 2.45) is 0 Å². The Morgan fingerprint density at radius 3 is 2.81 bits per heavy atom. The maximum absolute atomic E-state index is 12.8. The van der Waals surface area contributed by atoms with Crippen molar-refractivity contribution in [3.63, 3.8) is 0 Å². The number of piperidine rings is 1. The van der Waals surface area contributed by atoms with Crippen molar-refractivity contribution in [1.29, 1.82) is 0 Å². The summed E-state index contributed by atoms with van der Waals surface area (Å²) in [7, 11) is -3.81. The molecule has 0 aromatic heterocycles. The van der Waals surface area contributed by atoms with Crippen LogP contribution in [0.3, 0.4) is 0 Å². The van der Waals surface area contributed by atoms with Gasteiger partial charge in [-0.25, -0.2) is 13.1 Å². The second-order valence-electron chi connectivity index (χ2n) is 6.98. The normalized spacial score (nSPS) is 24.0. The van der Waals surface area contributed by atoms with E-state index in [1.165, 1.54) is 12.1 Å². The molecule has 1 aromatic carbocycles. The van der Waals surface area contributed by atoms with E-state index in [4.69, 9.17) is 16.3 Å². The van der Waals surface area contributed by atoms with Gasteiger partial charge in [-0.05, 0) is 57.2 Å². The van der Waals surface area contributed by atoms with E-state index in [1.807, 2.05) is 11.8 Å². The van der Waals surface area contributed by atoms with Crippen molar-refractivity contribution in [2.75, 3.05) is 19.7 Å². The molecule has 0 saturated carbocycles. The SMILES string of the molecule is C[C@H]1CCCCN1C(=O)c1ccc(Cl)c(S(=O)(=O)NC[C@H]2CCCO2)c1. The number of hydrogen-bond donors (Lipinski definition) is 1. The average molecular weight is 401 g/mol. The van der Waals surface area contributed by atoms with Crippen LogP contribution in [-0.4, -0.2) is 51.1 Å². The first-order valence-corrected chi connectivity index (χ1v) is 11.0. The fourth-order valence-electron chi connectivity index (χ4n) is 3.49. The zero-order valence-electron chi connectivity index (χ0n) is 14.9. The van der Waals surface area contributed by atoms with E-state index >= 15 is 0 Å². The summed E-state index contributed by atoms with van der Waals surface area (Å²) in [5.41, 5.74) is 0.348. The molecule has 1 N–H and O–H groups in total. The second-order valence-corrected chi connectivity index (χ2v) is 9.12. The van der Waals surface area contributed by atoms with Gasteiger partial charge in [-0.15, -0.1) is 0 Å². The minimum Gasteiger partial charge on any atom is -0.377 e. The van der Waals surface area contributed by atoms with Gasteiger partial charge in [-0.3, -0.25) is 4.79 Å². The number of nitrogens with one attached hydrogen (secondary N) is 1. The first kappa shape index (κ1) is 19.6. The molecule has 144 valence electrons. The Morgan fingerprint density at radius 2 is 2.12 bits per heavy atom. The van der Waals surface area contributed by atoms with Gasteiger partial charge < -0.3 is 9.64 Å². The van der Waals surface area contributed by atoms with Crippen LogP contribution in [-0.2, 0) is 14.8 Å². The minimum atomic E-state index is -3.81. The van der Waals surface area contributed by atoms with Crippen LogP contribution in [0.4, 0.5) is 0 Å². The van der Waals surface area contributed by atoms with Gasteiger partial charge in [0, 0.05) is 31.3 Å². The van der Waals surface area contributed by atoms with Crippen LogP contribution in [0.25, 0.3) is 0 Å². The van der Waals surface area contributed by atoms with Crippen LogP contribution in [0.1, 0.15) is 49.4 Å². The van der Waals surface area contributed by atoms with Gasteiger partial charge in [-0.2, -0.15) is 0 Å². The predicted molar refractivity (Wildman–Crippen MR) is 100.0 cm³/mol. The van der Waals surface area contributed by atoms with E-state index in [-0.39, 0.29) is 34.5 Å². The highest BCUT2D eigenvalue weighted by atomic mass is 35.5. The molecule has 2 saturated heterocycles. The Balaban J connectivity index is 1.79. The molecule has 8 heteroatoms. The van der Waals surface area contributed by atoms with E-state index < -0.39 is 10.0 Å². The van der Waals surface area contributed by atoms with Crippen molar-refractivity contribution in [2.45, 2.75) is 56.1 Å². The molecule has 0 spiro atoms. The lowest BCUT2D eigenvalue weighted by Gasteiger charge is -2.33. The summed E-state index contributed by atoms with van der Waals surface area (Å²) in [6.07, 6.45) is 4.71. The van der Waals surface area contributed by atoms with E-state index in [0.29, 0.717) is 18.7 Å². The molecule has 2 aliphatic rings. The number of carbonyl (C=O) groups is 1. The highest BCUT2D eigenvalue weighted by molar-refractivity contribution is 7.89. The number of nitrogens with zero attached hydrogens (tertiary/aromatic N) is 1. The smallest absolute Gasteiger partial charge is 0.254 e. The number of halogens is 1. The van der Waals surface area contributed by atoms with Crippen molar-refractivity contribution < 1.29 is 17.9 Å². The Morgan fingerprint density at radius 1 is 1.31 bits per heavy atom. The molecule has 2 fully saturated rings. The minimum absolute atomic E-state index is 0.0623. The maximum Gasteiger partial charge on any atom is 0.254 e. The van der Waals surface area contributed by atoms with Gasteiger partial charge in [-0.1, -0.05) is 11.6 Å². The van der Waals surface area contributed by atoms with Gasteiger partial charge in [0.2, 0.25) is 10.0 Å². The van der Waals surface area contributed by atoms with Crippen LogP contribution in [0.15, 0.2) is 23.1 Å². The third-order valence-electron chi connectivity index (χ3n) is 5.06. The molecule has 0 radical (unpaired) electrons. The number of rotatable bonds is 5. The highest BCUT2D eigenvalue weighted by Crippen LogP contribution is 2.25. The highest BCUT2D eigenvalue weighted by Gasteiger charge is 2.27. The number of ether oxygens (including phenoxy) is 1. The molecule has 6 nitrogen and oxygen atoms in total. The summed E-state index contributed by atoms with van der Waals surface area (Å²) in [6.45, 7) is 3.58. The zero-order valence-corrected chi connectivity index (χ0v) is 16.5. The number of carbonyl (C=O) groups excluding carboxylic acids is 1. The van der Waals surface area contributed by atoms with Gasteiger partial charge in [0.05, 0.1) is 11.1 Å². The van der Waals surface area contributed by atoms with E-state index in [0.717, 1.165) is 32.1 Å². The quantitative estimate of drug-likeness (QED) is 0.824. The van der Waals surface area contributed by atoms with Crippen molar-refractivity contribution in [3.05, 3.63) is 28.8 Å². The third-order valence-corrected chi connectivity index (χ3v) is 6.96. The Hall–Kier alpha value is -1.15. The summed E-state index contributed by atoms with van der Waals surface area (Å²) < 4.78 is 33.3. The monoisotopic (exact) mass is 400 g/mol. The number of hydrogen-bond acceptors (Lipinski definition) is 4.